The summed E-state index contributed by atoms with van der Waals surface area (Å²) < 4.78 is 26.5. The molecule has 2 N–H and O–H groups in total. The molecule has 0 saturated carbocycles. The SMILES string of the molecule is O=C(O)[C@@H]1CN(Cc2ccccc2)S(=O)(=O)N1. The van der Waals surface area contributed by atoms with E-state index < -0.39 is 22.2 Å². The molecule has 7 heteroatoms. The van der Waals surface area contributed by atoms with Crippen molar-refractivity contribution in [2.45, 2.75) is 12.6 Å². The fourth-order valence-electron chi connectivity index (χ4n) is 1.66. The van der Waals surface area contributed by atoms with Gasteiger partial charge >= 0.3 is 5.97 Å². The van der Waals surface area contributed by atoms with Crippen molar-refractivity contribution >= 4 is 16.2 Å². The molecule has 0 spiro atoms. The quantitative estimate of drug-likeness (QED) is 0.783. The van der Waals surface area contributed by atoms with Gasteiger partial charge < -0.3 is 5.11 Å². The Morgan fingerprint density at radius 1 is 1.41 bits per heavy atom. The molecule has 0 aliphatic carbocycles. The smallest absolute Gasteiger partial charge is 0.323 e. The number of nitrogens with one attached hydrogen (secondary N) is 1. The van der Waals surface area contributed by atoms with Crippen LogP contribution in [0.25, 0.3) is 0 Å². The second-order valence-electron chi connectivity index (χ2n) is 3.79. The molecule has 1 aliphatic heterocycles. The zero-order valence-corrected chi connectivity index (χ0v) is 9.72. The van der Waals surface area contributed by atoms with Crippen LogP contribution >= 0.6 is 0 Å². The molecular formula is C10H12N2O4S. The van der Waals surface area contributed by atoms with Crippen molar-refractivity contribution in [3.8, 4) is 0 Å². The molecule has 1 aromatic carbocycles. The second kappa shape index (κ2) is 4.44. The molecule has 17 heavy (non-hydrogen) atoms. The van der Waals surface area contributed by atoms with Crippen molar-refractivity contribution in [1.82, 2.24) is 9.03 Å². The highest BCUT2D eigenvalue weighted by molar-refractivity contribution is 7.87. The van der Waals surface area contributed by atoms with Gasteiger partial charge in [-0.25, -0.2) is 0 Å². The topological polar surface area (TPSA) is 86.7 Å². The van der Waals surface area contributed by atoms with Crippen molar-refractivity contribution in [2.75, 3.05) is 6.54 Å². The molecule has 1 aromatic rings. The van der Waals surface area contributed by atoms with Gasteiger partial charge in [0.2, 0.25) is 0 Å². The summed E-state index contributed by atoms with van der Waals surface area (Å²) in [4.78, 5) is 10.7. The largest absolute Gasteiger partial charge is 0.480 e. The minimum absolute atomic E-state index is 0.0490. The summed E-state index contributed by atoms with van der Waals surface area (Å²) >= 11 is 0. The maximum Gasteiger partial charge on any atom is 0.323 e. The third-order valence-corrected chi connectivity index (χ3v) is 4.06. The van der Waals surface area contributed by atoms with Crippen molar-refractivity contribution in [2.24, 2.45) is 0 Å². The van der Waals surface area contributed by atoms with Gasteiger partial charge in [0.25, 0.3) is 10.2 Å². The lowest BCUT2D eigenvalue weighted by Gasteiger charge is -2.12. The average Bonchev–Trinajstić information content (AvgIpc) is 2.56. The summed E-state index contributed by atoms with van der Waals surface area (Å²) in [7, 11) is -3.68. The molecule has 92 valence electrons. The second-order valence-corrected chi connectivity index (χ2v) is 5.49. The minimum Gasteiger partial charge on any atom is -0.480 e. The maximum absolute atomic E-state index is 11.6. The van der Waals surface area contributed by atoms with Crippen LogP contribution in [-0.4, -0.2) is 36.4 Å². The van der Waals surface area contributed by atoms with Crippen LogP contribution in [0.5, 0.6) is 0 Å². The molecule has 0 radical (unpaired) electrons. The molecule has 1 atom stereocenters. The number of hydrogen-bond donors (Lipinski definition) is 2. The molecule has 0 unspecified atom stereocenters. The number of benzene rings is 1. The monoisotopic (exact) mass is 256 g/mol. The lowest BCUT2D eigenvalue weighted by molar-refractivity contribution is -0.138. The molecular weight excluding hydrogens is 244 g/mol. The zero-order valence-electron chi connectivity index (χ0n) is 8.91. The number of carboxylic acids is 1. The van der Waals surface area contributed by atoms with Gasteiger partial charge in [-0.15, -0.1) is 0 Å². The Morgan fingerprint density at radius 2 is 2.06 bits per heavy atom. The van der Waals surface area contributed by atoms with Gasteiger partial charge in [0, 0.05) is 13.1 Å². The van der Waals surface area contributed by atoms with Crippen LogP contribution in [0.3, 0.4) is 0 Å². The fourth-order valence-corrected chi connectivity index (χ4v) is 3.01. The Hall–Kier alpha value is -1.44. The van der Waals surface area contributed by atoms with Gasteiger partial charge in [-0.05, 0) is 5.56 Å². The van der Waals surface area contributed by atoms with E-state index in [1.807, 2.05) is 6.07 Å². The Kier molecular flexibility index (Phi) is 3.14. The number of hydrogen-bond acceptors (Lipinski definition) is 3. The van der Waals surface area contributed by atoms with E-state index in [1.165, 1.54) is 0 Å². The Bertz CT molecular complexity index is 514. The van der Waals surface area contributed by atoms with Crippen LogP contribution in [0.4, 0.5) is 0 Å². The molecule has 1 saturated heterocycles. The lowest BCUT2D eigenvalue weighted by atomic mass is 10.2. The van der Waals surface area contributed by atoms with Crippen molar-refractivity contribution < 1.29 is 18.3 Å². The van der Waals surface area contributed by atoms with E-state index in [4.69, 9.17) is 5.11 Å². The summed E-state index contributed by atoms with van der Waals surface area (Å²) in [6, 6.07) is 7.97. The highest BCUT2D eigenvalue weighted by Gasteiger charge is 2.38. The van der Waals surface area contributed by atoms with Crippen molar-refractivity contribution in [3.63, 3.8) is 0 Å². The molecule has 6 nitrogen and oxygen atoms in total. The number of carbonyl (C=O) groups is 1. The standard InChI is InChI=1S/C10H12N2O4S/c13-10(14)9-7-12(17(15,16)11-9)6-8-4-2-1-3-5-8/h1-5,9,11H,6-7H2,(H,13,14)/t9-/m0/s1. The molecule has 1 fully saturated rings. The van der Waals surface area contributed by atoms with Crippen LogP contribution in [0, 0.1) is 0 Å². The van der Waals surface area contributed by atoms with Gasteiger partial charge in [0.1, 0.15) is 6.04 Å². The van der Waals surface area contributed by atoms with Gasteiger partial charge in [-0.1, -0.05) is 30.3 Å². The Balaban J connectivity index is 2.15. The normalized spacial score (nSPS) is 23.6. The van der Waals surface area contributed by atoms with Crippen LogP contribution in [-0.2, 0) is 21.5 Å². The zero-order chi connectivity index (χ0) is 12.5. The Labute approximate surface area is 99.0 Å². The number of rotatable bonds is 3. The summed E-state index contributed by atoms with van der Waals surface area (Å²) in [5.41, 5.74) is 0.823. The molecule has 1 aliphatic rings. The predicted octanol–water partition coefficient (Wildman–Crippen LogP) is -0.210. The first-order valence-corrected chi connectivity index (χ1v) is 6.47. The number of carboxylic acid groups (broad SMARTS) is 1. The fraction of sp³-hybridized carbons (Fsp3) is 0.300. The number of aliphatic carboxylic acids is 1. The minimum atomic E-state index is -3.68. The van der Waals surface area contributed by atoms with E-state index in [9.17, 15) is 13.2 Å². The molecule has 0 aromatic heterocycles. The van der Waals surface area contributed by atoms with Crippen molar-refractivity contribution in [1.29, 1.82) is 0 Å². The van der Waals surface area contributed by atoms with E-state index >= 15 is 0 Å². The first-order valence-electron chi connectivity index (χ1n) is 5.03. The first kappa shape index (κ1) is 12.0. The van der Waals surface area contributed by atoms with E-state index in [-0.39, 0.29) is 13.1 Å². The summed E-state index contributed by atoms with van der Waals surface area (Å²) in [6.07, 6.45) is 0. The van der Waals surface area contributed by atoms with Crippen LogP contribution in [0.2, 0.25) is 0 Å². The van der Waals surface area contributed by atoms with Gasteiger partial charge in [0.05, 0.1) is 0 Å². The molecule has 1 heterocycles. The molecule has 2 rings (SSSR count). The highest BCUT2D eigenvalue weighted by Crippen LogP contribution is 2.14. The predicted molar refractivity (Wildman–Crippen MR) is 60.3 cm³/mol. The van der Waals surface area contributed by atoms with Gasteiger partial charge in [-0.2, -0.15) is 17.4 Å². The van der Waals surface area contributed by atoms with Gasteiger partial charge in [0.15, 0.2) is 0 Å². The van der Waals surface area contributed by atoms with Crippen molar-refractivity contribution in [3.05, 3.63) is 35.9 Å². The Morgan fingerprint density at radius 3 is 2.59 bits per heavy atom. The van der Waals surface area contributed by atoms with E-state index in [2.05, 4.69) is 4.72 Å². The maximum atomic E-state index is 11.6. The van der Waals surface area contributed by atoms with Crippen LogP contribution < -0.4 is 4.72 Å². The molecule has 0 bridgehead atoms. The summed E-state index contributed by atoms with van der Waals surface area (Å²) in [5, 5.41) is 8.78. The van der Waals surface area contributed by atoms with Crippen LogP contribution in [0.15, 0.2) is 30.3 Å². The van der Waals surface area contributed by atoms with E-state index in [0.29, 0.717) is 0 Å². The average molecular weight is 256 g/mol. The number of nitrogens with zero attached hydrogens (tertiary/aromatic N) is 1. The highest BCUT2D eigenvalue weighted by atomic mass is 32.2. The summed E-state index contributed by atoms with van der Waals surface area (Å²) in [5.74, 6) is -1.16. The van der Waals surface area contributed by atoms with Crippen LogP contribution in [0.1, 0.15) is 5.56 Å². The first-order chi connectivity index (χ1) is 7.99. The summed E-state index contributed by atoms with van der Waals surface area (Å²) in [6.45, 7) is 0.131. The third kappa shape index (κ3) is 2.63. The van der Waals surface area contributed by atoms with Gasteiger partial charge in [-0.3, -0.25) is 4.79 Å². The molecule has 0 amide bonds. The van der Waals surface area contributed by atoms with E-state index in [1.54, 1.807) is 24.3 Å². The lowest BCUT2D eigenvalue weighted by Crippen LogP contribution is -2.34. The van der Waals surface area contributed by atoms with E-state index in [0.717, 1.165) is 9.87 Å². The third-order valence-electron chi connectivity index (χ3n) is 2.52.